The number of benzene rings is 1. The Hall–Kier alpha value is -0.370. The van der Waals surface area contributed by atoms with E-state index in [0.29, 0.717) is 17.0 Å². The molecule has 3 N–H and O–H groups in total. The number of halogens is 2. The predicted octanol–water partition coefficient (Wildman–Crippen LogP) is 2.16. The quantitative estimate of drug-likeness (QED) is 0.796. The zero-order valence-corrected chi connectivity index (χ0v) is 13.6. The summed E-state index contributed by atoms with van der Waals surface area (Å²) in [5, 5.41) is 0.410. The molecule has 0 radical (unpaired) electrons. The Labute approximate surface area is 129 Å². The van der Waals surface area contributed by atoms with Gasteiger partial charge >= 0.3 is 0 Å². The van der Waals surface area contributed by atoms with Crippen LogP contribution < -0.4 is 10.5 Å². The summed E-state index contributed by atoms with van der Waals surface area (Å²) in [4.78, 5) is -0.0291. The fourth-order valence-corrected chi connectivity index (χ4v) is 3.83. The minimum atomic E-state index is -3.75. The minimum Gasteiger partial charge on any atom is -0.383 e. The molecule has 0 aliphatic carbocycles. The van der Waals surface area contributed by atoms with Gasteiger partial charge in [-0.3, -0.25) is 0 Å². The third-order valence-corrected chi connectivity index (χ3v) is 5.13. The molecule has 5 nitrogen and oxygen atoms in total. The van der Waals surface area contributed by atoms with Crippen LogP contribution in [0.15, 0.2) is 17.0 Å². The van der Waals surface area contributed by atoms with Gasteiger partial charge in [0.2, 0.25) is 10.0 Å². The average Bonchev–Trinajstić information content (AvgIpc) is 2.37. The summed E-state index contributed by atoms with van der Waals surface area (Å²) in [7, 11) is -2.24. The van der Waals surface area contributed by atoms with Gasteiger partial charge in [0.25, 0.3) is 0 Å². The lowest BCUT2D eigenvalue weighted by Gasteiger charge is -2.17. The molecule has 1 aromatic rings. The lowest BCUT2D eigenvalue weighted by atomic mass is 10.2. The van der Waals surface area contributed by atoms with Crippen molar-refractivity contribution in [2.75, 3.05) is 13.7 Å². The molecule has 0 saturated heterocycles. The number of sulfonamides is 1. The van der Waals surface area contributed by atoms with Crippen molar-refractivity contribution in [1.82, 2.24) is 4.72 Å². The fraction of sp³-hybridized carbons (Fsp3) is 0.500. The third kappa shape index (κ3) is 4.31. The summed E-state index contributed by atoms with van der Waals surface area (Å²) in [6, 6.07) is 2.46. The van der Waals surface area contributed by atoms with E-state index in [1.807, 2.05) is 6.92 Å². The van der Waals surface area contributed by atoms with Gasteiger partial charge in [-0.25, -0.2) is 13.1 Å². The Balaban J connectivity index is 3.15. The van der Waals surface area contributed by atoms with Crippen LogP contribution in [0.4, 0.5) is 0 Å². The SMILES string of the molecule is CCC(COC)NS(=O)(=O)c1cc(CN)c(Cl)cc1Cl. The molecule has 0 bridgehead atoms. The minimum absolute atomic E-state index is 0.0291. The molecule has 8 heteroatoms. The molecule has 0 fully saturated rings. The van der Waals surface area contributed by atoms with Gasteiger partial charge in [-0.1, -0.05) is 30.1 Å². The van der Waals surface area contributed by atoms with Crippen molar-refractivity contribution in [3.8, 4) is 0 Å². The molecule has 0 aromatic heterocycles. The molecule has 20 heavy (non-hydrogen) atoms. The Morgan fingerprint density at radius 1 is 1.35 bits per heavy atom. The molecule has 114 valence electrons. The molecule has 0 aliphatic rings. The monoisotopic (exact) mass is 340 g/mol. The normalized spacial score (nSPS) is 13.4. The summed E-state index contributed by atoms with van der Waals surface area (Å²) in [5.41, 5.74) is 6.05. The highest BCUT2D eigenvalue weighted by molar-refractivity contribution is 7.89. The zero-order chi connectivity index (χ0) is 15.3. The Morgan fingerprint density at radius 2 is 2.00 bits per heavy atom. The van der Waals surface area contributed by atoms with E-state index in [2.05, 4.69) is 4.72 Å². The van der Waals surface area contributed by atoms with Crippen LogP contribution in [0, 0.1) is 0 Å². The van der Waals surface area contributed by atoms with E-state index in [9.17, 15) is 8.42 Å². The molecule has 1 aromatic carbocycles. The van der Waals surface area contributed by atoms with E-state index < -0.39 is 10.0 Å². The molecule has 0 saturated carbocycles. The summed E-state index contributed by atoms with van der Waals surface area (Å²) in [6.07, 6.45) is 0.599. The molecule has 1 unspecified atom stereocenters. The van der Waals surface area contributed by atoms with Crippen molar-refractivity contribution in [2.24, 2.45) is 5.73 Å². The number of hydrogen-bond acceptors (Lipinski definition) is 4. The molecule has 0 amide bonds. The first-order valence-electron chi connectivity index (χ1n) is 6.05. The predicted molar refractivity (Wildman–Crippen MR) is 80.6 cm³/mol. The maximum absolute atomic E-state index is 12.3. The van der Waals surface area contributed by atoms with Gasteiger partial charge < -0.3 is 10.5 Å². The first kappa shape index (κ1) is 17.7. The highest BCUT2D eigenvalue weighted by Gasteiger charge is 2.23. The van der Waals surface area contributed by atoms with Crippen LogP contribution in [0.3, 0.4) is 0 Å². The second-order valence-corrected chi connectivity index (χ2v) is 6.76. The molecule has 1 atom stereocenters. The number of nitrogens with one attached hydrogen (secondary N) is 1. The molecule has 1 rings (SSSR count). The van der Waals surface area contributed by atoms with Crippen LogP contribution in [0.25, 0.3) is 0 Å². The fourth-order valence-electron chi connectivity index (χ4n) is 1.65. The maximum Gasteiger partial charge on any atom is 0.242 e. The summed E-state index contributed by atoms with van der Waals surface area (Å²) in [5.74, 6) is 0. The van der Waals surface area contributed by atoms with Gasteiger partial charge in [-0.2, -0.15) is 0 Å². The topological polar surface area (TPSA) is 81.4 Å². The van der Waals surface area contributed by atoms with Crippen molar-refractivity contribution in [2.45, 2.75) is 30.8 Å². The summed E-state index contributed by atoms with van der Waals surface area (Å²) >= 11 is 11.9. The molecule has 0 aliphatic heterocycles. The average molecular weight is 341 g/mol. The van der Waals surface area contributed by atoms with Gasteiger partial charge in [0.05, 0.1) is 11.6 Å². The van der Waals surface area contributed by atoms with Gasteiger partial charge in [-0.05, 0) is 24.1 Å². The highest BCUT2D eigenvalue weighted by Crippen LogP contribution is 2.28. The van der Waals surface area contributed by atoms with Crippen molar-refractivity contribution in [3.63, 3.8) is 0 Å². The second-order valence-electron chi connectivity index (χ2n) is 4.26. The standard InChI is InChI=1S/C12H18Cl2N2O3S/c1-3-9(7-19-2)16-20(17,18)12-4-8(6-15)10(13)5-11(12)14/h4-5,9,16H,3,6-7,15H2,1-2H3. The number of nitrogens with two attached hydrogens (primary N) is 1. The second kappa shape index (κ2) is 7.59. The van der Waals surface area contributed by atoms with Gasteiger partial charge in [0, 0.05) is 24.7 Å². The lowest BCUT2D eigenvalue weighted by Crippen LogP contribution is -2.37. The molecule has 0 spiro atoms. The smallest absolute Gasteiger partial charge is 0.242 e. The Morgan fingerprint density at radius 3 is 2.50 bits per heavy atom. The number of hydrogen-bond donors (Lipinski definition) is 2. The van der Waals surface area contributed by atoms with Crippen molar-refractivity contribution in [1.29, 1.82) is 0 Å². The molecule has 0 heterocycles. The van der Waals surface area contributed by atoms with Crippen LogP contribution >= 0.6 is 23.2 Å². The third-order valence-electron chi connectivity index (χ3n) is 2.79. The van der Waals surface area contributed by atoms with Crippen molar-refractivity contribution < 1.29 is 13.2 Å². The van der Waals surface area contributed by atoms with E-state index in [1.54, 1.807) is 0 Å². The van der Waals surface area contributed by atoms with E-state index >= 15 is 0 Å². The molecular weight excluding hydrogens is 323 g/mol. The number of rotatable bonds is 7. The highest BCUT2D eigenvalue weighted by atomic mass is 35.5. The molecular formula is C12H18Cl2N2O3S. The largest absolute Gasteiger partial charge is 0.383 e. The number of methoxy groups -OCH3 is 1. The lowest BCUT2D eigenvalue weighted by molar-refractivity contribution is 0.173. The Kier molecular flexibility index (Phi) is 6.71. The number of ether oxygens (including phenoxy) is 1. The first-order valence-corrected chi connectivity index (χ1v) is 8.28. The van der Waals surface area contributed by atoms with E-state index in [0.717, 1.165) is 0 Å². The van der Waals surface area contributed by atoms with Crippen LogP contribution in [0.2, 0.25) is 10.0 Å². The Bertz CT molecular complexity index is 564. The maximum atomic E-state index is 12.3. The van der Waals surface area contributed by atoms with Gasteiger partial charge in [0.1, 0.15) is 4.90 Å². The van der Waals surface area contributed by atoms with Crippen LogP contribution in [0.1, 0.15) is 18.9 Å². The first-order chi connectivity index (χ1) is 9.35. The van der Waals surface area contributed by atoms with Crippen LogP contribution in [-0.4, -0.2) is 28.2 Å². The van der Waals surface area contributed by atoms with Crippen molar-refractivity contribution >= 4 is 33.2 Å². The van der Waals surface area contributed by atoms with Crippen LogP contribution in [-0.2, 0) is 21.3 Å². The zero-order valence-electron chi connectivity index (χ0n) is 11.3. The van der Waals surface area contributed by atoms with Crippen LogP contribution in [0.5, 0.6) is 0 Å². The van der Waals surface area contributed by atoms with E-state index in [-0.39, 0.29) is 29.1 Å². The van der Waals surface area contributed by atoms with Gasteiger partial charge in [0.15, 0.2) is 0 Å². The van der Waals surface area contributed by atoms with E-state index in [4.69, 9.17) is 33.7 Å². The van der Waals surface area contributed by atoms with E-state index in [1.165, 1.54) is 19.2 Å². The van der Waals surface area contributed by atoms with Crippen molar-refractivity contribution in [3.05, 3.63) is 27.7 Å². The summed E-state index contributed by atoms with van der Waals surface area (Å²) in [6.45, 7) is 2.28. The summed E-state index contributed by atoms with van der Waals surface area (Å²) < 4.78 is 32.2. The van der Waals surface area contributed by atoms with Gasteiger partial charge in [-0.15, -0.1) is 0 Å².